The van der Waals surface area contributed by atoms with Gasteiger partial charge in [0.05, 0.1) is 6.26 Å². The standard InChI is InChI=1S/C14H18N2O3/c17-13(11-5-2-1-3-6-11)15-8-9-16-14(18)12-7-4-10-19-12/h1-2,4,7,10-11H,3,5-6,8-9H2,(H,15,17)(H,16,18)/t11-/m0/s1. The van der Waals surface area contributed by atoms with E-state index in [1.807, 2.05) is 6.08 Å². The van der Waals surface area contributed by atoms with Crippen LogP contribution in [0.4, 0.5) is 0 Å². The molecule has 0 fully saturated rings. The summed E-state index contributed by atoms with van der Waals surface area (Å²) in [6.07, 6.45) is 8.28. The molecule has 0 saturated carbocycles. The molecule has 2 amide bonds. The van der Waals surface area contributed by atoms with E-state index in [2.05, 4.69) is 16.7 Å². The highest BCUT2D eigenvalue weighted by Gasteiger charge is 2.17. The van der Waals surface area contributed by atoms with E-state index >= 15 is 0 Å². The van der Waals surface area contributed by atoms with Gasteiger partial charge < -0.3 is 15.1 Å². The minimum atomic E-state index is -0.264. The van der Waals surface area contributed by atoms with Crippen molar-refractivity contribution in [2.45, 2.75) is 19.3 Å². The second kappa shape index (κ2) is 6.78. The molecule has 19 heavy (non-hydrogen) atoms. The summed E-state index contributed by atoms with van der Waals surface area (Å²) >= 11 is 0. The second-order valence-electron chi connectivity index (χ2n) is 4.51. The predicted molar refractivity (Wildman–Crippen MR) is 70.5 cm³/mol. The van der Waals surface area contributed by atoms with E-state index in [1.165, 1.54) is 6.26 Å². The summed E-state index contributed by atoms with van der Waals surface area (Å²) < 4.78 is 4.96. The molecule has 0 aromatic carbocycles. The topological polar surface area (TPSA) is 71.3 Å². The third-order valence-corrected chi connectivity index (χ3v) is 3.09. The van der Waals surface area contributed by atoms with Crippen LogP contribution in [0.25, 0.3) is 0 Å². The molecule has 102 valence electrons. The summed E-state index contributed by atoms with van der Waals surface area (Å²) in [5, 5.41) is 5.52. The molecule has 1 aliphatic rings. The van der Waals surface area contributed by atoms with E-state index in [9.17, 15) is 9.59 Å². The Bertz CT molecular complexity index is 451. The summed E-state index contributed by atoms with van der Waals surface area (Å²) in [6.45, 7) is 0.833. The Labute approximate surface area is 112 Å². The van der Waals surface area contributed by atoms with Crippen LogP contribution in [0.15, 0.2) is 35.0 Å². The number of furan rings is 1. The van der Waals surface area contributed by atoms with Crippen LogP contribution >= 0.6 is 0 Å². The van der Waals surface area contributed by atoms with Crippen LogP contribution in [-0.4, -0.2) is 24.9 Å². The Kier molecular flexibility index (Phi) is 4.78. The van der Waals surface area contributed by atoms with Gasteiger partial charge in [0.2, 0.25) is 5.91 Å². The number of nitrogens with one attached hydrogen (secondary N) is 2. The molecule has 1 aromatic rings. The summed E-state index contributed by atoms with van der Waals surface area (Å²) in [5.41, 5.74) is 0. The van der Waals surface area contributed by atoms with E-state index in [1.54, 1.807) is 12.1 Å². The highest BCUT2D eigenvalue weighted by Crippen LogP contribution is 2.17. The molecule has 0 aliphatic heterocycles. The second-order valence-corrected chi connectivity index (χ2v) is 4.51. The SMILES string of the molecule is O=C(NCCNC(=O)[C@H]1CC=CCC1)c1ccco1. The average molecular weight is 262 g/mol. The van der Waals surface area contributed by atoms with Gasteiger partial charge in [0.15, 0.2) is 5.76 Å². The summed E-state index contributed by atoms with van der Waals surface area (Å²) in [7, 11) is 0. The van der Waals surface area contributed by atoms with Crippen molar-refractivity contribution in [3.63, 3.8) is 0 Å². The van der Waals surface area contributed by atoms with Gasteiger partial charge in [-0.05, 0) is 31.4 Å². The molecule has 0 spiro atoms. The molecule has 1 heterocycles. The zero-order valence-electron chi connectivity index (χ0n) is 10.7. The lowest BCUT2D eigenvalue weighted by Crippen LogP contribution is -2.37. The lowest BCUT2D eigenvalue weighted by Gasteiger charge is -2.17. The quantitative estimate of drug-likeness (QED) is 0.623. The Morgan fingerprint density at radius 3 is 2.79 bits per heavy atom. The number of rotatable bonds is 5. The van der Waals surface area contributed by atoms with Gasteiger partial charge in [-0.2, -0.15) is 0 Å². The molecule has 0 unspecified atom stereocenters. The third-order valence-electron chi connectivity index (χ3n) is 3.09. The third kappa shape index (κ3) is 3.98. The van der Waals surface area contributed by atoms with Gasteiger partial charge in [0.25, 0.3) is 5.91 Å². The monoisotopic (exact) mass is 262 g/mol. The van der Waals surface area contributed by atoms with Crippen LogP contribution in [0.1, 0.15) is 29.8 Å². The van der Waals surface area contributed by atoms with Crippen LogP contribution in [0.2, 0.25) is 0 Å². The maximum Gasteiger partial charge on any atom is 0.287 e. The minimum Gasteiger partial charge on any atom is -0.459 e. The molecule has 1 aromatic heterocycles. The molecular formula is C14H18N2O3. The van der Waals surface area contributed by atoms with Gasteiger partial charge in [-0.25, -0.2) is 0 Å². The minimum absolute atomic E-state index is 0.0663. The number of carbonyl (C=O) groups is 2. The van der Waals surface area contributed by atoms with Crippen molar-refractivity contribution in [1.29, 1.82) is 0 Å². The zero-order chi connectivity index (χ0) is 13.5. The number of carbonyl (C=O) groups excluding carboxylic acids is 2. The first-order chi connectivity index (χ1) is 9.27. The van der Waals surface area contributed by atoms with Crippen LogP contribution in [-0.2, 0) is 4.79 Å². The van der Waals surface area contributed by atoms with Crippen LogP contribution in [0.3, 0.4) is 0 Å². The van der Waals surface area contributed by atoms with Gasteiger partial charge in [0, 0.05) is 19.0 Å². The molecule has 5 nitrogen and oxygen atoms in total. The van der Waals surface area contributed by atoms with Gasteiger partial charge in [-0.15, -0.1) is 0 Å². The molecule has 0 radical (unpaired) electrons. The van der Waals surface area contributed by atoms with Crippen molar-refractivity contribution >= 4 is 11.8 Å². The zero-order valence-corrected chi connectivity index (χ0v) is 10.7. The molecule has 1 aliphatic carbocycles. The highest BCUT2D eigenvalue weighted by molar-refractivity contribution is 5.91. The number of allylic oxidation sites excluding steroid dienone is 2. The van der Waals surface area contributed by atoms with Crippen molar-refractivity contribution < 1.29 is 14.0 Å². The maximum atomic E-state index is 11.8. The Morgan fingerprint density at radius 1 is 1.26 bits per heavy atom. The number of hydrogen-bond acceptors (Lipinski definition) is 3. The summed E-state index contributed by atoms with van der Waals surface area (Å²) in [5.74, 6) is 0.158. The fourth-order valence-corrected chi connectivity index (χ4v) is 2.03. The van der Waals surface area contributed by atoms with Crippen molar-refractivity contribution in [3.8, 4) is 0 Å². The van der Waals surface area contributed by atoms with Crippen LogP contribution < -0.4 is 10.6 Å². The lowest BCUT2D eigenvalue weighted by atomic mass is 9.94. The maximum absolute atomic E-state index is 11.8. The van der Waals surface area contributed by atoms with E-state index in [4.69, 9.17) is 4.42 Å². The fraction of sp³-hybridized carbons (Fsp3) is 0.429. The van der Waals surface area contributed by atoms with Crippen molar-refractivity contribution in [1.82, 2.24) is 10.6 Å². The smallest absolute Gasteiger partial charge is 0.287 e. The Balaban J connectivity index is 1.62. The molecule has 1 atom stereocenters. The Hall–Kier alpha value is -2.04. The van der Waals surface area contributed by atoms with E-state index in [-0.39, 0.29) is 23.5 Å². The van der Waals surface area contributed by atoms with Crippen LogP contribution in [0.5, 0.6) is 0 Å². The summed E-state index contributed by atoms with van der Waals surface area (Å²) in [6, 6.07) is 3.26. The largest absolute Gasteiger partial charge is 0.459 e. The number of amides is 2. The first kappa shape index (κ1) is 13.4. The lowest BCUT2D eigenvalue weighted by molar-refractivity contribution is -0.125. The van der Waals surface area contributed by atoms with Crippen LogP contribution in [0, 0.1) is 5.92 Å². The van der Waals surface area contributed by atoms with Gasteiger partial charge >= 0.3 is 0 Å². The summed E-state index contributed by atoms with van der Waals surface area (Å²) in [4.78, 5) is 23.3. The van der Waals surface area contributed by atoms with Gasteiger partial charge in [0.1, 0.15) is 0 Å². The normalized spacial score (nSPS) is 18.0. The molecule has 2 rings (SSSR count). The predicted octanol–water partition coefficient (Wildman–Crippen LogP) is 1.48. The first-order valence-electron chi connectivity index (χ1n) is 6.52. The highest BCUT2D eigenvalue weighted by atomic mass is 16.3. The van der Waals surface area contributed by atoms with Crippen molar-refractivity contribution in [2.75, 3.05) is 13.1 Å². The van der Waals surface area contributed by atoms with E-state index in [0.29, 0.717) is 13.1 Å². The molecule has 0 saturated heterocycles. The molecule has 0 bridgehead atoms. The molecule has 2 N–H and O–H groups in total. The van der Waals surface area contributed by atoms with Crippen molar-refractivity contribution in [2.24, 2.45) is 5.92 Å². The fourth-order valence-electron chi connectivity index (χ4n) is 2.03. The van der Waals surface area contributed by atoms with Gasteiger partial charge in [-0.3, -0.25) is 9.59 Å². The van der Waals surface area contributed by atoms with Crippen molar-refractivity contribution in [3.05, 3.63) is 36.3 Å². The molecule has 5 heteroatoms. The van der Waals surface area contributed by atoms with E-state index < -0.39 is 0 Å². The van der Waals surface area contributed by atoms with Gasteiger partial charge in [-0.1, -0.05) is 12.2 Å². The average Bonchev–Trinajstić information content (AvgIpc) is 2.98. The Morgan fingerprint density at radius 2 is 2.11 bits per heavy atom. The first-order valence-corrected chi connectivity index (χ1v) is 6.52. The van der Waals surface area contributed by atoms with E-state index in [0.717, 1.165) is 19.3 Å². The molecular weight excluding hydrogens is 244 g/mol. The number of hydrogen-bond donors (Lipinski definition) is 2.